The van der Waals surface area contributed by atoms with E-state index in [4.69, 9.17) is 5.26 Å². The maximum atomic E-state index is 11.3. The number of hydrogen-bond donors (Lipinski definition) is 1. The fourth-order valence-electron chi connectivity index (χ4n) is 4.12. The number of nitrogens with zero attached hydrogens (tertiary/aromatic N) is 2. The zero-order valence-electron chi connectivity index (χ0n) is 18.6. The van der Waals surface area contributed by atoms with Crippen LogP contribution in [-0.2, 0) is 4.79 Å². The Balaban J connectivity index is 1.66. The SMILES string of the molecule is CC1(C)C(C=C(C#N)C(=O)O)=CC=C1c1ccc(N(c2ccccc2)c2ccccc2)cc1. The lowest BCUT2D eigenvalue weighted by Crippen LogP contribution is -2.14. The van der Waals surface area contributed by atoms with Gasteiger partial charge in [0.25, 0.3) is 0 Å². The van der Waals surface area contributed by atoms with Crippen LogP contribution in [0.4, 0.5) is 17.1 Å². The highest BCUT2D eigenvalue weighted by Crippen LogP contribution is 2.46. The average Bonchev–Trinajstić information content (AvgIpc) is 3.12. The molecule has 0 amide bonds. The first-order chi connectivity index (χ1) is 15.9. The third-order valence-corrected chi connectivity index (χ3v) is 5.94. The Kier molecular flexibility index (Phi) is 5.97. The van der Waals surface area contributed by atoms with Crippen LogP contribution in [0.3, 0.4) is 0 Å². The van der Waals surface area contributed by atoms with Crippen molar-refractivity contribution < 1.29 is 9.90 Å². The first-order valence-corrected chi connectivity index (χ1v) is 10.7. The molecule has 1 aliphatic rings. The molecule has 0 saturated heterocycles. The van der Waals surface area contributed by atoms with Gasteiger partial charge in [0.1, 0.15) is 11.6 Å². The summed E-state index contributed by atoms with van der Waals surface area (Å²) in [6.07, 6.45) is 5.36. The second-order valence-electron chi connectivity index (χ2n) is 8.36. The summed E-state index contributed by atoms with van der Waals surface area (Å²) in [7, 11) is 0. The minimum Gasteiger partial charge on any atom is -0.477 e. The molecular formula is C29H24N2O2. The molecule has 0 atom stereocenters. The van der Waals surface area contributed by atoms with E-state index in [0.717, 1.165) is 33.8 Å². The number of anilines is 3. The third-order valence-electron chi connectivity index (χ3n) is 5.94. The van der Waals surface area contributed by atoms with Gasteiger partial charge in [-0.3, -0.25) is 0 Å². The molecule has 3 aromatic carbocycles. The molecule has 0 spiro atoms. The lowest BCUT2D eigenvalue weighted by molar-refractivity contribution is -0.132. The highest BCUT2D eigenvalue weighted by Gasteiger charge is 2.32. The first-order valence-electron chi connectivity index (χ1n) is 10.7. The van der Waals surface area contributed by atoms with Crippen molar-refractivity contribution in [3.05, 3.63) is 120 Å². The number of rotatable bonds is 6. The maximum Gasteiger partial charge on any atom is 0.346 e. The molecule has 0 saturated carbocycles. The number of carboxylic acid groups (broad SMARTS) is 1. The number of para-hydroxylation sites is 2. The number of allylic oxidation sites excluding steroid dienone is 5. The fourth-order valence-corrected chi connectivity index (χ4v) is 4.12. The van der Waals surface area contributed by atoms with Crippen LogP contribution in [0.1, 0.15) is 19.4 Å². The molecule has 1 aliphatic carbocycles. The van der Waals surface area contributed by atoms with E-state index >= 15 is 0 Å². The minimum atomic E-state index is -1.21. The van der Waals surface area contributed by atoms with Crippen LogP contribution in [0.15, 0.2) is 114 Å². The summed E-state index contributed by atoms with van der Waals surface area (Å²) < 4.78 is 0. The van der Waals surface area contributed by atoms with Gasteiger partial charge >= 0.3 is 5.97 Å². The molecule has 162 valence electrons. The van der Waals surface area contributed by atoms with Gasteiger partial charge in [0, 0.05) is 22.5 Å². The van der Waals surface area contributed by atoms with E-state index in [1.165, 1.54) is 6.08 Å². The number of carboxylic acids is 1. The second kappa shape index (κ2) is 9.02. The summed E-state index contributed by atoms with van der Waals surface area (Å²) in [5.74, 6) is -1.21. The van der Waals surface area contributed by atoms with E-state index in [0.29, 0.717) is 0 Å². The summed E-state index contributed by atoms with van der Waals surface area (Å²) in [5, 5.41) is 18.3. The van der Waals surface area contributed by atoms with E-state index in [2.05, 4.69) is 53.4 Å². The van der Waals surface area contributed by atoms with E-state index in [9.17, 15) is 9.90 Å². The van der Waals surface area contributed by atoms with Gasteiger partial charge < -0.3 is 10.0 Å². The zero-order chi connectivity index (χ0) is 23.4. The predicted octanol–water partition coefficient (Wildman–Crippen LogP) is 7.04. The van der Waals surface area contributed by atoms with Crippen LogP contribution in [-0.4, -0.2) is 11.1 Å². The Morgan fingerprint density at radius 1 is 0.848 bits per heavy atom. The Bertz CT molecular complexity index is 1250. The molecule has 0 fully saturated rings. The van der Waals surface area contributed by atoms with Crippen molar-refractivity contribution in [1.29, 1.82) is 5.26 Å². The second-order valence-corrected chi connectivity index (χ2v) is 8.36. The summed E-state index contributed by atoms with van der Waals surface area (Å²) >= 11 is 0. The molecule has 3 aromatic rings. The lowest BCUT2D eigenvalue weighted by Gasteiger charge is -2.28. The van der Waals surface area contributed by atoms with Crippen LogP contribution < -0.4 is 4.90 Å². The minimum absolute atomic E-state index is 0.263. The van der Waals surface area contributed by atoms with Crippen molar-refractivity contribution >= 4 is 28.6 Å². The maximum absolute atomic E-state index is 11.3. The monoisotopic (exact) mass is 432 g/mol. The van der Waals surface area contributed by atoms with Crippen molar-refractivity contribution in [1.82, 2.24) is 0 Å². The fraction of sp³-hybridized carbons (Fsp3) is 0.103. The molecule has 33 heavy (non-hydrogen) atoms. The first kappa shape index (κ1) is 21.9. The average molecular weight is 433 g/mol. The Morgan fingerprint density at radius 2 is 1.36 bits per heavy atom. The molecular weight excluding hydrogens is 408 g/mol. The number of aliphatic carboxylic acids is 1. The van der Waals surface area contributed by atoms with Gasteiger partial charge in [0.15, 0.2) is 0 Å². The quantitative estimate of drug-likeness (QED) is 0.335. The summed E-state index contributed by atoms with van der Waals surface area (Å²) in [6.45, 7) is 4.08. The highest BCUT2D eigenvalue weighted by molar-refractivity contribution is 5.92. The normalized spacial score (nSPS) is 14.8. The largest absolute Gasteiger partial charge is 0.477 e. The van der Waals surface area contributed by atoms with Gasteiger partial charge in [-0.2, -0.15) is 5.26 Å². The number of benzene rings is 3. The molecule has 0 unspecified atom stereocenters. The van der Waals surface area contributed by atoms with E-state index in [1.54, 1.807) is 6.07 Å². The molecule has 4 heteroatoms. The molecule has 4 rings (SSSR count). The number of carbonyl (C=O) groups is 1. The smallest absolute Gasteiger partial charge is 0.346 e. The third kappa shape index (κ3) is 4.35. The topological polar surface area (TPSA) is 64.3 Å². The Morgan fingerprint density at radius 3 is 1.85 bits per heavy atom. The number of nitriles is 1. The standard InChI is InChI=1S/C29H24N2O2/c1-29(2)23(19-22(20-30)28(32)33)15-18-27(29)21-13-16-26(17-14-21)31(24-9-5-3-6-10-24)25-11-7-4-8-12-25/h3-19H,1-2H3,(H,32,33). The predicted molar refractivity (Wildman–Crippen MR) is 132 cm³/mol. The van der Waals surface area contributed by atoms with Crippen LogP contribution in [0.25, 0.3) is 5.57 Å². The van der Waals surface area contributed by atoms with Crippen LogP contribution in [0.2, 0.25) is 0 Å². The summed E-state index contributed by atoms with van der Waals surface area (Å²) in [6, 6.07) is 30.6. The van der Waals surface area contributed by atoms with Crippen molar-refractivity contribution in [3.63, 3.8) is 0 Å². The van der Waals surface area contributed by atoms with E-state index in [1.807, 2.05) is 62.4 Å². The van der Waals surface area contributed by atoms with Crippen molar-refractivity contribution in [3.8, 4) is 6.07 Å². The molecule has 0 aliphatic heterocycles. The molecule has 0 heterocycles. The zero-order valence-corrected chi connectivity index (χ0v) is 18.6. The van der Waals surface area contributed by atoms with Crippen LogP contribution in [0, 0.1) is 16.7 Å². The lowest BCUT2D eigenvalue weighted by atomic mass is 9.77. The van der Waals surface area contributed by atoms with E-state index in [-0.39, 0.29) is 5.57 Å². The Hall–Kier alpha value is -4.36. The van der Waals surface area contributed by atoms with Crippen molar-refractivity contribution in [2.75, 3.05) is 4.90 Å². The van der Waals surface area contributed by atoms with Crippen LogP contribution in [0.5, 0.6) is 0 Å². The summed E-state index contributed by atoms with van der Waals surface area (Å²) in [5.41, 5.74) is 5.44. The Labute approximate surface area is 194 Å². The van der Waals surface area contributed by atoms with Crippen molar-refractivity contribution in [2.45, 2.75) is 13.8 Å². The molecule has 0 aromatic heterocycles. The van der Waals surface area contributed by atoms with Crippen LogP contribution >= 0.6 is 0 Å². The van der Waals surface area contributed by atoms with Gasteiger partial charge in [-0.15, -0.1) is 0 Å². The molecule has 0 bridgehead atoms. The van der Waals surface area contributed by atoms with Gasteiger partial charge in [0.2, 0.25) is 0 Å². The van der Waals surface area contributed by atoms with E-state index < -0.39 is 11.4 Å². The molecule has 0 radical (unpaired) electrons. The highest BCUT2D eigenvalue weighted by atomic mass is 16.4. The van der Waals surface area contributed by atoms with Gasteiger partial charge in [-0.05, 0) is 59.2 Å². The molecule has 4 nitrogen and oxygen atoms in total. The summed E-state index contributed by atoms with van der Waals surface area (Å²) in [4.78, 5) is 13.5. The molecule has 1 N–H and O–H groups in total. The van der Waals surface area contributed by atoms with Gasteiger partial charge in [0.05, 0.1) is 0 Å². The van der Waals surface area contributed by atoms with Gasteiger partial charge in [-0.1, -0.05) is 74.5 Å². The number of hydrogen-bond acceptors (Lipinski definition) is 3. The van der Waals surface area contributed by atoms with Gasteiger partial charge in [-0.25, -0.2) is 4.79 Å². The van der Waals surface area contributed by atoms with Crippen molar-refractivity contribution in [2.24, 2.45) is 5.41 Å².